The molecule has 1 amide bonds. The summed E-state index contributed by atoms with van der Waals surface area (Å²) in [5.74, 6) is 0.402. The smallest absolute Gasteiger partial charge is 0.265 e. The average Bonchev–Trinajstić information content (AvgIpc) is 2.62. The third kappa shape index (κ3) is 3.36. The largest absolute Gasteiger partial charge is 0.480 e. The quantitative estimate of drug-likeness (QED) is 0.787. The second kappa shape index (κ2) is 6.84. The van der Waals surface area contributed by atoms with E-state index in [1.807, 2.05) is 48.5 Å². The van der Waals surface area contributed by atoms with Gasteiger partial charge >= 0.3 is 0 Å². The van der Waals surface area contributed by atoms with E-state index in [-0.39, 0.29) is 5.91 Å². The fourth-order valence-corrected chi connectivity index (χ4v) is 2.45. The highest BCUT2D eigenvalue weighted by Gasteiger charge is 2.16. The van der Waals surface area contributed by atoms with E-state index in [9.17, 15) is 4.79 Å². The van der Waals surface area contributed by atoms with Crippen LogP contribution in [0.2, 0.25) is 0 Å². The number of benzene rings is 3. The normalized spacial score (nSPS) is 11.5. The van der Waals surface area contributed by atoms with E-state index in [2.05, 4.69) is 5.32 Å². The van der Waals surface area contributed by atoms with Crippen molar-refractivity contribution in [1.82, 2.24) is 0 Å². The minimum atomic E-state index is -0.665. The van der Waals surface area contributed by atoms with Crippen LogP contribution in [0.4, 0.5) is 5.69 Å². The zero-order chi connectivity index (χ0) is 16.9. The van der Waals surface area contributed by atoms with Crippen molar-refractivity contribution in [3.8, 4) is 11.8 Å². The van der Waals surface area contributed by atoms with Crippen LogP contribution in [0.3, 0.4) is 0 Å². The van der Waals surface area contributed by atoms with Crippen molar-refractivity contribution in [2.45, 2.75) is 13.0 Å². The number of nitriles is 1. The maximum absolute atomic E-state index is 12.3. The van der Waals surface area contributed by atoms with Gasteiger partial charge in [-0.15, -0.1) is 0 Å². The van der Waals surface area contributed by atoms with Crippen LogP contribution in [-0.4, -0.2) is 12.0 Å². The van der Waals surface area contributed by atoms with E-state index in [4.69, 9.17) is 10.00 Å². The molecule has 4 nitrogen and oxygen atoms in total. The first-order valence-corrected chi connectivity index (χ1v) is 7.63. The molecule has 0 aliphatic carbocycles. The lowest BCUT2D eigenvalue weighted by Gasteiger charge is -2.16. The van der Waals surface area contributed by atoms with E-state index in [0.717, 1.165) is 10.8 Å². The molecule has 0 aromatic heterocycles. The van der Waals surface area contributed by atoms with E-state index in [1.165, 1.54) is 0 Å². The number of ether oxygens (including phenoxy) is 1. The third-order valence-corrected chi connectivity index (χ3v) is 3.68. The zero-order valence-corrected chi connectivity index (χ0v) is 13.2. The monoisotopic (exact) mass is 316 g/mol. The van der Waals surface area contributed by atoms with Gasteiger partial charge in [0.2, 0.25) is 0 Å². The minimum absolute atomic E-state index is 0.266. The van der Waals surface area contributed by atoms with Crippen LogP contribution in [0, 0.1) is 11.3 Å². The van der Waals surface area contributed by atoms with Crippen LogP contribution < -0.4 is 10.1 Å². The number of rotatable bonds is 4. The van der Waals surface area contributed by atoms with Crippen LogP contribution >= 0.6 is 0 Å². The van der Waals surface area contributed by atoms with Crippen molar-refractivity contribution in [2.75, 3.05) is 5.32 Å². The fraction of sp³-hybridized carbons (Fsp3) is 0.100. The highest BCUT2D eigenvalue weighted by atomic mass is 16.5. The lowest BCUT2D eigenvalue weighted by atomic mass is 10.1. The summed E-state index contributed by atoms with van der Waals surface area (Å²) in [6.45, 7) is 1.70. The molecule has 118 valence electrons. The van der Waals surface area contributed by atoms with Gasteiger partial charge in [-0.3, -0.25) is 4.79 Å². The summed E-state index contributed by atoms with van der Waals surface area (Å²) in [5, 5.41) is 13.7. The first-order valence-electron chi connectivity index (χ1n) is 7.63. The number of nitrogens with one attached hydrogen (secondary N) is 1. The Bertz CT molecular complexity index is 923. The van der Waals surface area contributed by atoms with Gasteiger partial charge in [0, 0.05) is 11.1 Å². The molecule has 1 N–H and O–H groups in total. The number of nitrogens with zero attached hydrogens (tertiary/aromatic N) is 1. The molecule has 0 spiro atoms. The van der Waals surface area contributed by atoms with E-state index >= 15 is 0 Å². The summed E-state index contributed by atoms with van der Waals surface area (Å²) >= 11 is 0. The number of amides is 1. The average molecular weight is 316 g/mol. The molecule has 24 heavy (non-hydrogen) atoms. The SMILES string of the molecule is C[C@@H](Oc1cccc2ccccc12)C(=O)Nc1cccc(C#N)c1. The van der Waals surface area contributed by atoms with Gasteiger partial charge in [-0.05, 0) is 36.6 Å². The van der Waals surface area contributed by atoms with Crippen LogP contribution in [0.1, 0.15) is 12.5 Å². The summed E-state index contributed by atoms with van der Waals surface area (Å²) < 4.78 is 5.84. The molecule has 0 bridgehead atoms. The molecule has 0 aliphatic rings. The summed E-state index contributed by atoms with van der Waals surface area (Å²) in [5.41, 5.74) is 1.07. The Kier molecular flexibility index (Phi) is 4.44. The maximum Gasteiger partial charge on any atom is 0.265 e. The van der Waals surface area contributed by atoms with Crippen LogP contribution in [0.25, 0.3) is 10.8 Å². The van der Waals surface area contributed by atoms with Crippen molar-refractivity contribution >= 4 is 22.4 Å². The van der Waals surface area contributed by atoms with Crippen LogP contribution in [-0.2, 0) is 4.79 Å². The molecule has 4 heteroatoms. The lowest BCUT2D eigenvalue weighted by molar-refractivity contribution is -0.122. The predicted molar refractivity (Wildman–Crippen MR) is 93.8 cm³/mol. The lowest BCUT2D eigenvalue weighted by Crippen LogP contribution is -2.30. The molecule has 3 aromatic carbocycles. The van der Waals surface area contributed by atoms with Crippen LogP contribution in [0.5, 0.6) is 5.75 Å². The van der Waals surface area contributed by atoms with Gasteiger partial charge in [0.1, 0.15) is 5.75 Å². The van der Waals surface area contributed by atoms with Gasteiger partial charge in [0.05, 0.1) is 11.6 Å². The Hall–Kier alpha value is -3.32. The Morgan fingerprint density at radius 2 is 1.83 bits per heavy atom. The molecule has 3 aromatic rings. The maximum atomic E-state index is 12.3. The topological polar surface area (TPSA) is 62.1 Å². The zero-order valence-electron chi connectivity index (χ0n) is 13.2. The summed E-state index contributed by atoms with van der Waals surface area (Å²) in [6.07, 6.45) is -0.665. The second-order valence-corrected chi connectivity index (χ2v) is 5.42. The summed E-state index contributed by atoms with van der Waals surface area (Å²) in [7, 11) is 0. The van der Waals surface area contributed by atoms with Gasteiger partial charge in [-0.1, -0.05) is 42.5 Å². The Labute approximate surface area is 140 Å². The molecule has 0 saturated carbocycles. The number of carbonyl (C=O) groups excluding carboxylic acids is 1. The van der Waals surface area contributed by atoms with Crippen molar-refractivity contribution < 1.29 is 9.53 Å². The highest BCUT2D eigenvalue weighted by molar-refractivity contribution is 5.95. The van der Waals surface area contributed by atoms with Gasteiger partial charge in [-0.25, -0.2) is 0 Å². The third-order valence-electron chi connectivity index (χ3n) is 3.68. The van der Waals surface area contributed by atoms with E-state index < -0.39 is 6.10 Å². The molecular formula is C20H16N2O2. The van der Waals surface area contributed by atoms with Crippen LogP contribution in [0.15, 0.2) is 66.7 Å². The van der Waals surface area contributed by atoms with Gasteiger partial charge in [0.15, 0.2) is 6.10 Å². The van der Waals surface area contributed by atoms with E-state index in [0.29, 0.717) is 17.0 Å². The number of hydrogen-bond acceptors (Lipinski definition) is 3. The molecule has 1 atom stereocenters. The molecule has 0 unspecified atom stereocenters. The number of anilines is 1. The van der Waals surface area contributed by atoms with Gasteiger partial charge in [-0.2, -0.15) is 5.26 Å². The summed E-state index contributed by atoms with van der Waals surface area (Å²) in [4.78, 5) is 12.3. The van der Waals surface area contributed by atoms with Crippen molar-refractivity contribution in [2.24, 2.45) is 0 Å². The number of carbonyl (C=O) groups is 1. The molecule has 0 aliphatic heterocycles. The van der Waals surface area contributed by atoms with Crippen molar-refractivity contribution in [3.05, 3.63) is 72.3 Å². The van der Waals surface area contributed by atoms with Crippen molar-refractivity contribution in [1.29, 1.82) is 5.26 Å². The Balaban J connectivity index is 1.75. The van der Waals surface area contributed by atoms with Crippen molar-refractivity contribution in [3.63, 3.8) is 0 Å². The van der Waals surface area contributed by atoms with Gasteiger partial charge in [0.25, 0.3) is 5.91 Å². The highest BCUT2D eigenvalue weighted by Crippen LogP contribution is 2.26. The fourth-order valence-electron chi connectivity index (χ4n) is 2.45. The number of fused-ring (bicyclic) bond motifs is 1. The van der Waals surface area contributed by atoms with E-state index in [1.54, 1.807) is 31.2 Å². The molecule has 0 radical (unpaired) electrons. The molecule has 3 rings (SSSR count). The predicted octanol–water partition coefficient (Wildman–Crippen LogP) is 4.12. The Morgan fingerprint density at radius 3 is 2.67 bits per heavy atom. The molecule has 0 fully saturated rings. The standard InChI is InChI=1S/C20H16N2O2/c1-14(20(23)22-17-9-4-6-15(12-17)13-21)24-19-11-5-8-16-7-2-3-10-18(16)19/h2-12,14H,1H3,(H,22,23)/t14-/m1/s1. The molecule has 0 saturated heterocycles. The van der Waals surface area contributed by atoms with Gasteiger partial charge < -0.3 is 10.1 Å². The first kappa shape index (κ1) is 15.6. The molecule has 0 heterocycles. The first-order chi connectivity index (χ1) is 11.7. The second-order valence-electron chi connectivity index (χ2n) is 5.42. The molecular weight excluding hydrogens is 300 g/mol. The minimum Gasteiger partial charge on any atom is -0.480 e. The summed E-state index contributed by atoms with van der Waals surface area (Å²) in [6, 6.07) is 22.4. The number of hydrogen-bond donors (Lipinski definition) is 1. The Morgan fingerprint density at radius 1 is 1.08 bits per heavy atom.